The average Bonchev–Trinajstić information content (AvgIpc) is 2.68. The first kappa shape index (κ1) is 26.1. The first-order valence-corrected chi connectivity index (χ1v) is 11.9. The van der Waals surface area contributed by atoms with Gasteiger partial charge in [0.05, 0.1) is 12.2 Å². The molecule has 170 valence electrons. The molecule has 5 nitrogen and oxygen atoms in total. The Balaban J connectivity index is 1.84. The molecule has 0 aromatic rings. The summed E-state index contributed by atoms with van der Waals surface area (Å²) in [5.41, 5.74) is 0. The normalized spacial score (nSPS) is 22.2. The summed E-state index contributed by atoms with van der Waals surface area (Å²) < 4.78 is 10.5. The lowest BCUT2D eigenvalue weighted by Gasteiger charge is -2.29. The van der Waals surface area contributed by atoms with E-state index in [4.69, 9.17) is 9.47 Å². The molecule has 0 aromatic carbocycles. The van der Waals surface area contributed by atoms with Crippen LogP contribution in [0.1, 0.15) is 110 Å². The van der Waals surface area contributed by atoms with Gasteiger partial charge < -0.3 is 19.7 Å². The molecule has 29 heavy (non-hydrogen) atoms. The van der Waals surface area contributed by atoms with Gasteiger partial charge in [-0.3, -0.25) is 4.79 Å². The summed E-state index contributed by atoms with van der Waals surface area (Å²) in [6.45, 7) is 2.37. The number of esters is 1. The Morgan fingerprint density at radius 3 is 2.10 bits per heavy atom. The zero-order chi connectivity index (χ0) is 21.2. The molecule has 1 unspecified atom stereocenters. The van der Waals surface area contributed by atoms with E-state index in [0.29, 0.717) is 12.8 Å². The van der Waals surface area contributed by atoms with Crippen LogP contribution in [-0.4, -0.2) is 41.3 Å². The quantitative estimate of drug-likeness (QED) is 0.189. The Bertz CT molecular complexity index is 413. The molecule has 1 saturated heterocycles. The molecule has 0 bridgehead atoms. The molecule has 2 N–H and O–H groups in total. The maximum Gasteiger partial charge on any atom is 0.305 e. The molecule has 0 amide bonds. The molecule has 0 radical (unpaired) electrons. The number of ether oxygens (including phenoxy) is 2. The standard InChI is InChI=1S/C24H44O5/c1-2-3-4-5-6-7-8-9-10-11-12-13-14-15-16-17-23(26)28-20-22-18-21(25)19-24(27)29-22/h9-10,21-22,24-25,27H,2-8,11-20H2,1H3/b10-9-/t21-,22-,24?/m0/s1. The van der Waals surface area contributed by atoms with E-state index in [1.165, 1.54) is 57.8 Å². The zero-order valence-corrected chi connectivity index (χ0v) is 18.5. The molecule has 1 heterocycles. The predicted molar refractivity (Wildman–Crippen MR) is 117 cm³/mol. The summed E-state index contributed by atoms with van der Waals surface area (Å²) in [7, 11) is 0. The average molecular weight is 413 g/mol. The van der Waals surface area contributed by atoms with Crippen LogP contribution in [0.3, 0.4) is 0 Å². The smallest absolute Gasteiger partial charge is 0.305 e. The lowest BCUT2D eigenvalue weighted by atomic mass is 10.1. The van der Waals surface area contributed by atoms with Gasteiger partial charge in [0.2, 0.25) is 0 Å². The van der Waals surface area contributed by atoms with E-state index in [0.717, 1.165) is 25.7 Å². The maximum absolute atomic E-state index is 11.8. The van der Waals surface area contributed by atoms with E-state index in [1.54, 1.807) is 0 Å². The van der Waals surface area contributed by atoms with Crippen molar-refractivity contribution in [2.24, 2.45) is 0 Å². The molecule has 0 aromatic heterocycles. The van der Waals surface area contributed by atoms with Crippen LogP contribution in [-0.2, 0) is 14.3 Å². The van der Waals surface area contributed by atoms with Gasteiger partial charge in [-0.05, 0) is 32.1 Å². The van der Waals surface area contributed by atoms with Crippen LogP contribution in [0.2, 0.25) is 0 Å². The fraction of sp³-hybridized carbons (Fsp3) is 0.875. The van der Waals surface area contributed by atoms with E-state index in [-0.39, 0.29) is 19.0 Å². The van der Waals surface area contributed by atoms with Gasteiger partial charge in [0.15, 0.2) is 6.29 Å². The van der Waals surface area contributed by atoms with Crippen molar-refractivity contribution >= 4 is 5.97 Å². The van der Waals surface area contributed by atoms with E-state index in [9.17, 15) is 15.0 Å². The number of unbranched alkanes of at least 4 members (excludes halogenated alkanes) is 11. The predicted octanol–water partition coefficient (Wildman–Crippen LogP) is 5.43. The van der Waals surface area contributed by atoms with Crippen molar-refractivity contribution in [1.82, 2.24) is 0 Å². The fourth-order valence-electron chi connectivity index (χ4n) is 3.67. The number of hydrogen-bond acceptors (Lipinski definition) is 5. The topological polar surface area (TPSA) is 76.0 Å². The van der Waals surface area contributed by atoms with E-state index in [1.807, 2.05) is 0 Å². The second kappa shape index (κ2) is 17.9. The van der Waals surface area contributed by atoms with Gasteiger partial charge in [-0.25, -0.2) is 0 Å². The lowest BCUT2D eigenvalue weighted by molar-refractivity contribution is -0.203. The second-order valence-electron chi connectivity index (χ2n) is 8.36. The highest BCUT2D eigenvalue weighted by Crippen LogP contribution is 2.18. The van der Waals surface area contributed by atoms with Crippen LogP contribution in [0.5, 0.6) is 0 Å². The van der Waals surface area contributed by atoms with Crippen molar-refractivity contribution in [2.75, 3.05) is 6.61 Å². The highest BCUT2D eigenvalue weighted by Gasteiger charge is 2.27. The lowest BCUT2D eigenvalue weighted by Crippen LogP contribution is -2.38. The number of carbonyl (C=O) groups is 1. The molecular formula is C24H44O5. The Hall–Kier alpha value is -0.910. The van der Waals surface area contributed by atoms with Gasteiger partial charge >= 0.3 is 5.97 Å². The number of hydrogen-bond donors (Lipinski definition) is 2. The summed E-state index contributed by atoms with van der Waals surface area (Å²) >= 11 is 0. The molecular weight excluding hydrogens is 368 g/mol. The third kappa shape index (κ3) is 15.6. The van der Waals surface area contributed by atoms with Crippen molar-refractivity contribution < 1.29 is 24.5 Å². The van der Waals surface area contributed by atoms with Crippen LogP contribution >= 0.6 is 0 Å². The van der Waals surface area contributed by atoms with Crippen molar-refractivity contribution in [2.45, 2.75) is 128 Å². The van der Waals surface area contributed by atoms with Gasteiger partial charge in [-0.1, -0.05) is 70.4 Å². The third-order valence-corrected chi connectivity index (χ3v) is 5.43. The molecule has 5 heteroatoms. The number of rotatable bonds is 17. The van der Waals surface area contributed by atoms with Crippen LogP contribution < -0.4 is 0 Å². The number of aliphatic hydroxyl groups is 2. The molecule has 1 rings (SSSR count). The minimum absolute atomic E-state index is 0.109. The Morgan fingerprint density at radius 1 is 0.897 bits per heavy atom. The van der Waals surface area contributed by atoms with Gasteiger partial charge in [0.1, 0.15) is 6.61 Å². The van der Waals surface area contributed by atoms with Gasteiger partial charge in [0.25, 0.3) is 0 Å². The Labute approximate surface area is 177 Å². The number of allylic oxidation sites excluding steroid dienone is 2. The summed E-state index contributed by atoms with van der Waals surface area (Å²) in [4.78, 5) is 11.8. The van der Waals surface area contributed by atoms with Crippen molar-refractivity contribution in [3.05, 3.63) is 12.2 Å². The van der Waals surface area contributed by atoms with Crippen LogP contribution in [0.15, 0.2) is 12.2 Å². The van der Waals surface area contributed by atoms with Crippen LogP contribution in [0.4, 0.5) is 0 Å². The van der Waals surface area contributed by atoms with E-state index >= 15 is 0 Å². The Kier molecular flexibility index (Phi) is 16.1. The monoisotopic (exact) mass is 412 g/mol. The summed E-state index contributed by atoms with van der Waals surface area (Å²) in [6.07, 6.45) is 19.8. The van der Waals surface area contributed by atoms with Gasteiger partial charge in [-0.2, -0.15) is 0 Å². The van der Waals surface area contributed by atoms with Crippen LogP contribution in [0, 0.1) is 0 Å². The fourth-order valence-corrected chi connectivity index (χ4v) is 3.67. The highest BCUT2D eigenvalue weighted by molar-refractivity contribution is 5.69. The highest BCUT2D eigenvalue weighted by atomic mass is 16.6. The summed E-state index contributed by atoms with van der Waals surface area (Å²) in [5.74, 6) is -0.221. The Morgan fingerprint density at radius 2 is 1.48 bits per heavy atom. The molecule has 1 aliphatic heterocycles. The van der Waals surface area contributed by atoms with Gasteiger partial charge in [0, 0.05) is 19.3 Å². The number of carbonyl (C=O) groups excluding carboxylic acids is 1. The first-order chi connectivity index (χ1) is 14.1. The van der Waals surface area contributed by atoms with E-state index < -0.39 is 18.5 Å². The maximum atomic E-state index is 11.8. The zero-order valence-electron chi connectivity index (χ0n) is 18.5. The summed E-state index contributed by atoms with van der Waals surface area (Å²) in [6, 6.07) is 0. The second-order valence-corrected chi connectivity index (χ2v) is 8.36. The minimum atomic E-state index is -0.965. The largest absolute Gasteiger partial charge is 0.463 e. The molecule has 0 aliphatic carbocycles. The first-order valence-electron chi connectivity index (χ1n) is 11.9. The molecule has 1 aliphatic rings. The number of aliphatic hydroxyl groups excluding tert-OH is 2. The van der Waals surface area contributed by atoms with Gasteiger partial charge in [-0.15, -0.1) is 0 Å². The molecule has 0 saturated carbocycles. The van der Waals surface area contributed by atoms with E-state index in [2.05, 4.69) is 19.1 Å². The molecule has 0 spiro atoms. The van der Waals surface area contributed by atoms with Crippen molar-refractivity contribution in [3.8, 4) is 0 Å². The third-order valence-electron chi connectivity index (χ3n) is 5.43. The van der Waals surface area contributed by atoms with Crippen LogP contribution in [0.25, 0.3) is 0 Å². The van der Waals surface area contributed by atoms with Crippen molar-refractivity contribution in [1.29, 1.82) is 0 Å². The molecule has 1 fully saturated rings. The minimum Gasteiger partial charge on any atom is -0.463 e. The SMILES string of the molecule is CCCCCCCC/C=C\CCCCCCCC(=O)OC[C@@H]1C[C@H](O)CC(O)O1. The molecule has 3 atom stereocenters. The van der Waals surface area contributed by atoms with Crippen molar-refractivity contribution in [3.63, 3.8) is 0 Å². The summed E-state index contributed by atoms with van der Waals surface area (Å²) in [5, 5.41) is 19.0.